The zero-order valence-electron chi connectivity index (χ0n) is 16.6. The number of anilines is 2. The molecule has 8 heteroatoms. The van der Waals surface area contributed by atoms with Crippen molar-refractivity contribution >= 4 is 39.5 Å². The molecule has 4 aromatic rings. The number of carbonyl (C=O) groups is 1. The van der Waals surface area contributed by atoms with Crippen LogP contribution in [0.25, 0.3) is 22.1 Å². The van der Waals surface area contributed by atoms with Gasteiger partial charge < -0.3 is 10.1 Å². The highest BCUT2D eigenvalue weighted by Crippen LogP contribution is 2.27. The van der Waals surface area contributed by atoms with E-state index in [4.69, 9.17) is 14.7 Å². The van der Waals surface area contributed by atoms with Gasteiger partial charge in [-0.2, -0.15) is 0 Å². The van der Waals surface area contributed by atoms with Crippen molar-refractivity contribution in [2.75, 3.05) is 11.9 Å². The van der Waals surface area contributed by atoms with E-state index in [0.717, 1.165) is 33.7 Å². The normalized spacial score (nSPS) is 11.3. The van der Waals surface area contributed by atoms with Crippen molar-refractivity contribution in [1.82, 2.24) is 25.0 Å². The molecule has 0 radical (unpaired) electrons. The molecule has 0 atom stereocenters. The third-order valence-corrected chi connectivity index (χ3v) is 4.51. The van der Waals surface area contributed by atoms with Crippen LogP contribution < -0.4 is 5.32 Å². The zero-order valence-corrected chi connectivity index (χ0v) is 16.6. The Labute approximate surface area is 167 Å². The summed E-state index contributed by atoms with van der Waals surface area (Å²) < 4.78 is 6.52. The summed E-state index contributed by atoms with van der Waals surface area (Å²) in [5.41, 5.74) is 4.87. The number of hydrogen-bond acceptors (Lipinski definition) is 7. The average Bonchev–Trinajstić information content (AvgIpc) is 3.09. The van der Waals surface area contributed by atoms with Gasteiger partial charge in [0.1, 0.15) is 12.1 Å². The number of aromatic nitrogens is 5. The molecule has 0 unspecified atom stereocenters. The highest BCUT2D eigenvalue weighted by molar-refractivity contribution is 5.82. The molecule has 4 rings (SSSR count). The smallest absolute Gasteiger partial charge is 0.327 e. The Balaban J connectivity index is 1.66. The first-order valence-corrected chi connectivity index (χ1v) is 9.57. The number of ether oxygens (including phenoxy) is 1. The van der Waals surface area contributed by atoms with Gasteiger partial charge in [0.05, 0.1) is 28.9 Å². The van der Waals surface area contributed by atoms with E-state index in [9.17, 15) is 4.79 Å². The number of hydrogen-bond donors (Lipinski definition) is 1. The summed E-state index contributed by atoms with van der Waals surface area (Å²) in [6, 6.07) is 13.5. The molecule has 0 aliphatic rings. The van der Waals surface area contributed by atoms with Crippen LogP contribution >= 0.6 is 0 Å². The second-order valence-electron chi connectivity index (χ2n) is 6.98. The van der Waals surface area contributed by atoms with Crippen LogP contribution in [0.4, 0.5) is 11.5 Å². The molecule has 2 aromatic heterocycles. The molecule has 0 amide bonds. The largest absolute Gasteiger partial charge is 0.465 e. The first-order chi connectivity index (χ1) is 14.0. The SMILES string of the molecule is CCOC(=O)Cn1nnc2cc(Nc3nc4ccccc4nc3C(C)C)ccc21. The summed E-state index contributed by atoms with van der Waals surface area (Å²) in [5.74, 6) is 0.593. The number of benzene rings is 2. The van der Waals surface area contributed by atoms with Crippen molar-refractivity contribution < 1.29 is 9.53 Å². The quantitative estimate of drug-likeness (QED) is 0.500. The molecule has 0 saturated heterocycles. The van der Waals surface area contributed by atoms with Crippen molar-refractivity contribution in [3.05, 3.63) is 48.2 Å². The third kappa shape index (κ3) is 3.87. The minimum atomic E-state index is -0.338. The zero-order chi connectivity index (χ0) is 20.4. The first kappa shape index (κ1) is 18.8. The lowest BCUT2D eigenvalue weighted by atomic mass is 10.1. The first-order valence-electron chi connectivity index (χ1n) is 9.57. The maximum atomic E-state index is 11.7. The summed E-state index contributed by atoms with van der Waals surface area (Å²) in [6.07, 6.45) is 0. The molecule has 8 nitrogen and oxygen atoms in total. The predicted molar refractivity (Wildman–Crippen MR) is 111 cm³/mol. The summed E-state index contributed by atoms with van der Waals surface area (Å²) in [7, 11) is 0. The second-order valence-corrected chi connectivity index (χ2v) is 6.98. The molecule has 2 aromatic carbocycles. The second kappa shape index (κ2) is 7.83. The highest BCUT2D eigenvalue weighted by atomic mass is 16.5. The van der Waals surface area contributed by atoms with E-state index in [0.29, 0.717) is 12.1 Å². The molecule has 0 aliphatic heterocycles. The number of rotatable bonds is 6. The van der Waals surface area contributed by atoms with E-state index in [1.807, 2.05) is 42.5 Å². The molecule has 29 heavy (non-hydrogen) atoms. The Hall–Kier alpha value is -3.55. The maximum Gasteiger partial charge on any atom is 0.327 e. The van der Waals surface area contributed by atoms with Crippen LogP contribution in [0.3, 0.4) is 0 Å². The van der Waals surface area contributed by atoms with Crippen LogP contribution in [-0.2, 0) is 16.1 Å². The molecule has 0 fully saturated rings. The van der Waals surface area contributed by atoms with Gasteiger partial charge in [-0.1, -0.05) is 31.2 Å². The lowest BCUT2D eigenvalue weighted by Gasteiger charge is -2.14. The van der Waals surface area contributed by atoms with Crippen LogP contribution in [-0.4, -0.2) is 37.5 Å². The van der Waals surface area contributed by atoms with Crippen LogP contribution in [0.5, 0.6) is 0 Å². The van der Waals surface area contributed by atoms with Crippen LogP contribution in [0.15, 0.2) is 42.5 Å². The maximum absolute atomic E-state index is 11.7. The Morgan fingerprint density at radius 1 is 1.10 bits per heavy atom. The van der Waals surface area contributed by atoms with E-state index >= 15 is 0 Å². The van der Waals surface area contributed by atoms with Gasteiger partial charge in [-0.3, -0.25) is 4.79 Å². The van der Waals surface area contributed by atoms with Crippen LogP contribution in [0, 0.1) is 0 Å². The lowest BCUT2D eigenvalue weighted by molar-refractivity contribution is -0.143. The highest BCUT2D eigenvalue weighted by Gasteiger charge is 2.14. The number of esters is 1. The summed E-state index contributed by atoms with van der Waals surface area (Å²) in [6.45, 7) is 6.33. The van der Waals surface area contributed by atoms with Gasteiger partial charge in [-0.25, -0.2) is 14.6 Å². The standard InChI is InChI=1S/C21H22N6O2/c1-4-29-19(28)12-27-18-10-9-14(11-17(18)25-26-27)22-21-20(13(2)3)23-15-7-5-6-8-16(15)24-21/h5-11,13H,4,12H2,1-3H3,(H,22,24). The number of nitrogens with zero attached hydrogens (tertiary/aromatic N) is 5. The molecule has 0 spiro atoms. The van der Waals surface area contributed by atoms with Gasteiger partial charge >= 0.3 is 5.97 Å². The lowest BCUT2D eigenvalue weighted by Crippen LogP contribution is -2.14. The van der Waals surface area contributed by atoms with Gasteiger partial charge in [0.2, 0.25) is 0 Å². The Morgan fingerprint density at radius 3 is 2.59 bits per heavy atom. The molecule has 0 aliphatic carbocycles. The van der Waals surface area contributed by atoms with Gasteiger partial charge in [0.25, 0.3) is 0 Å². The third-order valence-electron chi connectivity index (χ3n) is 4.51. The van der Waals surface area contributed by atoms with Gasteiger partial charge in [-0.05, 0) is 43.2 Å². The van der Waals surface area contributed by atoms with Gasteiger partial charge in [0, 0.05) is 5.69 Å². The summed E-state index contributed by atoms with van der Waals surface area (Å²) in [4.78, 5) is 21.3. The summed E-state index contributed by atoms with van der Waals surface area (Å²) >= 11 is 0. The monoisotopic (exact) mass is 390 g/mol. The number of para-hydroxylation sites is 2. The number of carbonyl (C=O) groups excluding carboxylic acids is 1. The van der Waals surface area contributed by atoms with Crippen molar-refractivity contribution in [2.24, 2.45) is 0 Å². The van der Waals surface area contributed by atoms with E-state index < -0.39 is 0 Å². The number of fused-ring (bicyclic) bond motifs is 2. The predicted octanol–water partition coefficient (Wildman–Crippen LogP) is 3.80. The molecule has 148 valence electrons. The van der Waals surface area contributed by atoms with Gasteiger partial charge in [-0.15, -0.1) is 5.10 Å². The van der Waals surface area contributed by atoms with Crippen molar-refractivity contribution in [3.8, 4) is 0 Å². The van der Waals surface area contributed by atoms with Crippen LogP contribution in [0.2, 0.25) is 0 Å². The Morgan fingerprint density at radius 2 is 1.86 bits per heavy atom. The topological polar surface area (TPSA) is 94.8 Å². The van der Waals surface area contributed by atoms with Crippen LogP contribution in [0.1, 0.15) is 32.4 Å². The van der Waals surface area contributed by atoms with E-state index in [1.165, 1.54) is 4.68 Å². The number of nitrogens with one attached hydrogen (secondary N) is 1. The molecular weight excluding hydrogens is 368 g/mol. The molecule has 2 heterocycles. The van der Waals surface area contributed by atoms with Crippen molar-refractivity contribution in [3.63, 3.8) is 0 Å². The van der Waals surface area contributed by atoms with E-state index in [2.05, 4.69) is 29.5 Å². The van der Waals surface area contributed by atoms with Crippen molar-refractivity contribution in [2.45, 2.75) is 33.2 Å². The minimum absolute atomic E-state index is 0.0325. The minimum Gasteiger partial charge on any atom is -0.465 e. The van der Waals surface area contributed by atoms with E-state index in [1.54, 1.807) is 6.92 Å². The fourth-order valence-corrected chi connectivity index (χ4v) is 3.14. The Bertz CT molecular complexity index is 1180. The molecular formula is C21H22N6O2. The molecule has 1 N–H and O–H groups in total. The van der Waals surface area contributed by atoms with E-state index in [-0.39, 0.29) is 18.4 Å². The summed E-state index contributed by atoms with van der Waals surface area (Å²) in [5, 5.41) is 11.6. The van der Waals surface area contributed by atoms with Crippen molar-refractivity contribution in [1.29, 1.82) is 0 Å². The molecule has 0 saturated carbocycles. The molecule has 0 bridgehead atoms. The average molecular weight is 390 g/mol. The van der Waals surface area contributed by atoms with Gasteiger partial charge in [0.15, 0.2) is 5.82 Å². The fourth-order valence-electron chi connectivity index (χ4n) is 3.14. The Kier molecular flexibility index (Phi) is 5.07. The fraction of sp³-hybridized carbons (Fsp3) is 0.286.